The van der Waals surface area contributed by atoms with Crippen molar-refractivity contribution in [2.75, 3.05) is 6.26 Å². The van der Waals surface area contributed by atoms with Crippen LogP contribution in [0.4, 0.5) is 13.2 Å². The zero-order valence-electron chi connectivity index (χ0n) is 20.1. The fourth-order valence-corrected chi connectivity index (χ4v) is 5.86. The van der Waals surface area contributed by atoms with Crippen LogP contribution < -0.4 is 4.74 Å². The number of rotatable bonds is 6. The van der Waals surface area contributed by atoms with E-state index < -0.39 is 39.0 Å². The molecule has 0 bridgehead atoms. The Hall–Kier alpha value is -3.51. The molecular weight excluding hydrogens is 509 g/mol. The van der Waals surface area contributed by atoms with Gasteiger partial charge in [-0.25, -0.2) is 27.8 Å². The first-order valence-electron chi connectivity index (χ1n) is 11.3. The van der Waals surface area contributed by atoms with Crippen LogP contribution in [0.3, 0.4) is 0 Å². The van der Waals surface area contributed by atoms with Gasteiger partial charge in [0, 0.05) is 53.5 Å². The van der Waals surface area contributed by atoms with Gasteiger partial charge < -0.3 is 14.2 Å². The van der Waals surface area contributed by atoms with Gasteiger partial charge in [-0.2, -0.15) is 8.78 Å². The van der Waals surface area contributed by atoms with Crippen LogP contribution in [-0.2, 0) is 15.4 Å². The highest BCUT2D eigenvalue weighted by molar-refractivity contribution is 7.90. The maximum atomic E-state index is 15.2. The fourth-order valence-electron chi connectivity index (χ4n) is 4.74. The molecule has 5 rings (SSSR count). The molecule has 3 aromatic heterocycles. The molecule has 0 radical (unpaired) electrons. The van der Waals surface area contributed by atoms with Gasteiger partial charge in [0.2, 0.25) is 0 Å². The molecule has 2 atom stereocenters. The highest BCUT2D eigenvalue weighted by atomic mass is 32.2. The third-order valence-electron chi connectivity index (χ3n) is 6.40. The molecule has 1 N–H and O–H groups in total. The van der Waals surface area contributed by atoms with E-state index in [1.54, 1.807) is 22.6 Å². The number of fused-ring (bicyclic) bond motifs is 3. The Labute approximate surface area is 210 Å². The van der Waals surface area contributed by atoms with Crippen molar-refractivity contribution in [3.05, 3.63) is 77.5 Å². The Morgan fingerprint density at radius 1 is 1.19 bits per heavy atom. The van der Waals surface area contributed by atoms with Crippen LogP contribution >= 0.6 is 0 Å². The monoisotopic (exact) mass is 532 g/mol. The van der Waals surface area contributed by atoms with Crippen molar-refractivity contribution < 1.29 is 31.4 Å². The number of imidazole rings is 1. The minimum atomic E-state index is -3.63. The smallest absolute Gasteiger partial charge is 0.387 e. The van der Waals surface area contributed by atoms with Gasteiger partial charge in [0.05, 0.1) is 11.4 Å². The molecule has 12 heteroatoms. The van der Waals surface area contributed by atoms with Gasteiger partial charge in [0.1, 0.15) is 28.1 Å². The summed E-state index contributed by atoms with van der Waals surface area (Å²) < 4.78 is 73.1. The Morgan fingerprint density at radius 3 is 2.49 bits per heavy atom. The summed E-state index contributed by atoms with van der Waals surface area (Å²) in [6.45, 7) is -0.0168. The largest absolute Gasteiger partial charge is 0.435 e. The first-order valence-corrected chi connectivity index (χ1v) is 13.3. The number of para-hydroxylation sites is 1. The average molecular weight is 533 g/mol. The van der Waals surface area contributed by atoms with Crippen LogP contribution in [0, 0.1) is 5.82 Å². The first kappa shape index (κ1) is 25.2. The van der Waals surface area contributed by atoms with E-state index >= 15 is 4.39 Å². The summed E-state index contributed by atoms with van der Waals surface area (Å²) in [4.78, 5) is 12.7. The van der Waals surface area contributed by atoms with Gasteiger partial charge in [-0.3, -0.25) is 0 Å². The van der Waals surface area contributed by atoms with E-state index in [0.29, 0.717) is 16.8 Å². The standard InChI is InChI=1S/C25H23F3N4O4S/c1-25(2,33)23-29-10-13(11-30-23)16-12-32-20(9-17(16)26)31-21-19(37(3,34)35)8-15(22(21)32)14-6-4-5-7-18(14)36-24(27)28/h4-7,9-12,15,19,24,33H,8H2,1-3H3. The molecule has 2 unspecified atom stereocenters. The van der Waals surface area contributed by atoms with E-state index in [9.17, 15) is 22.3 Å². The number of hydrogen-bond acceptors (Lipinski definition) is 7. The van der Waals surface area contributed by atoms with E-state index in [1.165, 1.54) is 44.6 Å². The molecule has 0 amide bonds. The molecule has 3 heterocycles. The molecule has 1 aliphatic carbocycles. The molecule has 4 aromatic rings. The molecule has 0 saturated heterocycles. The fraction of sp³-hybridized carbons (Fsp3) is 0.320. The number of nitrogens with zero attached hydrogens (tertiary/aromatic N) is 4. The second-order valence-electron chi connectivity index (χ2n) is 9.52. The molecule has 0 aliphatic heterocycles. The highest BCUT2D eigenvalue weighted by Crippen LogP contribution is 2.49. The molecule has 37 heavy (non-hydrogen) atoms. The zero-order chi connectivity index (χ0) is 26.7. The topological polar surface area (TPSA) is 107 Å². The van der Waals surface area contributed by atoms with Crippen LogP contribution in [0.1, 0.15) is 54.2 Å². The lowest BCUT2D eigenvalue weighted by molar-refractivity contribution is -0.0505. The van der Waals surface area contributed by atoms with E-state index in [4.69, 9.17) is 4.74 Å². The number of halogens is 3. The molecule has 0 saturated carbocycles. The van der Waals surface area contributed by atoms with Gasteiger partial charge >= 0.3 is 6.61 Å². The molecule has 0 spiro atoms. The predicted molar refractivity (Wildman–Crippen MR) is 129 cm³/mol. The van der Waals surface area contributed by atoms with Crippen molar-refractivity contribution in [3.63, 3.8) is 0 Å². The number of benzene rings is 1. The number of aromatic nitrogens is 4. The number of aliphatic hydroxyl groups is 1. The minimum Gasteiger partial charge on any atom is -0.435 e. The SMILES string of the molecule is CC(C)(O)c1ncc(-c2cn3c4c(nc3cc2F)C(S(C)(=O)=O)CC4c2ccccc2OC(F)F)cn1. The van der Waals surface area contributed by atoms with Crippen molar-refractivity contribution in [1.82, 2.24) is 19.4 Å². The van der Waals surface area contributed by atoms with Crippen LogP contribution in [0.15, 0.2) is 48.9 Å². The number of pyridine rings is 1. The van der Waals surface area contributed by atoms with Gasteiger partial charge in [0.15, 0.2) is 15.7 Å². The summed E-state index contributed by atoms with van der Waals surface area (Å²) in [7, 11) is -3.63. The first-order chi connectivity index (χ1) is 17.3. The lowest BCUT2D eigenvalue weighted by Gasteiger charge is -2.18. The highest BCUT2D eigenvalue weighted by Gasteiger charge is 2.43. The summed E-state index contributed by atoms with van der Waals surface area (Å²) in [6.07, 6.45) is 5.38. The Balaban J connectivity index is 1.71. The lowest BCUT2D eigenvalue weighted by atomic mass is 9.95. The summed E-state index contributed by atoms with van der Waals surface area (Å²) in [5.41, 5.74) is 0.398. The summed E-state index contributed by atoms with van der Waals surface area (Å²) in [5, 5.41) is 9.11. The van der Waals surface area contributed by atoms with E-state index in [2.05, 4.69) is 15.0 Å². The van der Waals surface area contributed by atoms with Gasteiger partial charge in [-0.05, 0) is 26.3 Å². The van der Waals surface area contributed by atoms with Gasteiger partial charge in [0.25, 0.3) is 0 Å². The van der Waals surface area contributed by atoms with Crippen LogP contribution in [-0.4, -0.2) is 45.7 Å². The van der Waals surface area contributed by atoms with E-state index in [1.807, 2.05) is 0 Å². The maximum Gasteiger partial charge on any atom is 0.387 e. The van der Waals surface area contributed by atoms with Crippen LogP contribution in [0.25, 0.3) is 16.8 Å². The molecule has 0 fully saturated rings. The van der Waals surface area contributed by atoms with Crippen molar-refractivity contribution >= 4 is 15.5 Å². The number of hydrogen-bond donors (Lipinski definition) is 1. The lowest BCUT2D eigenvalue weighted by Crippen LogP contribution is -2.19. The summed E-state index contributed by atoms with van der Waals surface area (Å²) in [6, 6.07) is 7.37. The van der Waals surface area contributed by atoms with Crippen molar-refractivity contribution in [2.45, 2.75) is 43.6 Å². The van der Waals surface area contributed by atoms with Crippen molar-refractivity contribution in [1.29, 1.82) is 0 Å². The molecule has 1 aliphatic rings. The predicted octanol–water partition coefficient (Wildman–Crippen LogP) is 4.38. The number of ether oxygens (including phenoxy) is 1. The van der Waals surface area contributed by atoms with Crippen LogP contribution in [0.2, 0.25) is 0 Å². The van der Waals surface area contributed by atoms with E-state index in [-0.39, 0.29) is 34.9 Å². The van der Waals surface area contributed by atoms with Gasteiger partial charge in [-0.15, -0.1) is 0 Å². The summed E-state index contributed by atoms with van der Waals surface area (Å²) in [5.74, 6) is -1.21. The van der Waals surface area contributed by atoms with E-state index in [0.717, 1.165) is 6.26 Å². The van der Waals surface area contributed by atoms with Crippen LogP contribution in [0.5, 0.6) is 5.75 Å². The molecular formula is C25H23F3N4O4S. The second-order valence-corrected chi connectivity index (χ2v) is 11.8. The van der Waals surface area contributed by atoms with Gasteiger partial charge in [-0.1, -0.05) is 18.2 Å². The Kier molecular flexibility index (Phi) is 5.99. The average Bonchev–Trinajstić information content (AvgIpc) is 3.35. The summed E-state index contributed by atoms with van der Waals surface area (Å²) >= 11 is 0. The molecule has 194 valence electrons. The maximum absolute atomic E-state index is 15.2. The Morgan fingerprint density at radius 2 is 1.86 bits per heavy atom. The quantitative estimate of drug-likeness (QED) is 0.393. The minimum absolute atomic E-state index is 0.0686. The number of alkyl halides is 2. The van der Waals surface area contributed by atoms with Crippen molar-refractivity contribution in [2.24, 2.45) is 0 Å². The third kappa shape index (κ3) is 4.55. The normalized spacial score (nSPS) is 17.9. The zero-order valence-corrected chi connectivity index (χ0v) is 20.9. The van der Waals surface area contributed by atoms with Crippen molar-refractivity contribution in [3.8, 4) is 16.9 Å². The molecule has 8 nitrogen and oxygen atoms in total. The third-order valence-corrected chi connectivity index (χ3v) is 7.85. The second kappa shape index (κ2) is 8.80. The molecule has 1 aromatic carbocycles. The number of sulfone groups is 1. The Bertz CT molecular complexity index is 1600.